The maximum absolute atomic E-state index is 10.9. The number of imidazole rings is 1. The molecule has 0 spiro atoms. The van der Waals surface area contributed by atoms with E-state index in [0.717, 1.165) is 31.6 Å². The molecular formula is C10H13LiN2O2. The van der Waals surface area contributed by atoms with Crippen molar-refractivity contribution in [3.8, 4) is 0 Å². The van der Waals surface area contributed by atoms with E-state index in [9.17, 15) is 9.90 Å². The van der Waals surface area contributed by atoms with E-state index in [1.54, 1.807) is 4.57 Å². The summed E-state index contributed by atoms with van der Waals surface area (Å²) in [5.74, 6) is -0.185. The maximum atomic E-state index is 10.9. The Hall–Kier alpha value is -0.723. The second-order valence-corrected chi connectivity index (χ2v) is 3.57. The summed E-state index contributed by atoms with van der Waals surface area (Å²) in [6.45, 7) is 2.69. The van der Waals surface area contributed by atoms with Crippen LogP contribution < -0.4 is 24.0 Å². The van der Waals surface area contributed by atoms with Gasteiger partial charge >= 0.3 is 18.9 Å². The Labute approximate surface area is 101 Å². The molecule has 0 aromatic carbocycles. The first-order valence-electron chi connectivity index (χ1n) is 5.03. The summed E-state index contributed by atoms with van der Waals surface area (Å²) in [4.78, 5) is 15.3. The first kappa shape index (κ1) is 12.3. The number of fused-ring (bicyclic) bond motifs is 1. The maximum Gasteiger partial charge on any atom is 1.00 e. The normalized spacial score (nSPS) is 14.2. The number of carboxylic acid groups (broad SMARTS) is 1. The third-order valence-corrected chi connectivity index (χ3v) is 2.68. The number of nitrogens with zero attached hydrogens (tertiary/aromatic N) is 2. The fraction of sp³-hybridized carbons (Fsp3) is 0.600. The van der Waals surface area contributed by atoms with Gasteiger partial charge in [0, 0.05) is 13.0 Å². The van der Waals surface area contributed by atoms with Gasteiger partial charge < -0.3 is 14.5 Å². The number of aromatic nitrogens is 2. The standard InChI is InChI=1S/C10H14N2O2.Li/c1-2-7-9(10(13)14)12-6-4-3-5-8(12)11-7;/h2-6H2,1H3,(H,13,14);/q;+1/p-1. The number of carbonyl (C=O) groups excluding carboxylic acids is 1. The van der Waals surface area contributed by atoms with Gasteiger partial charge in [0.1, 0.15) is 5.82 Å². The van der Waals surface area contributed by atoms with E-state index in [4.69, 9.17) is 0 Å². The van der Waals surface area contributed by atoms with Gasteiger partial charge in [0.25, 0.3) is 0 Å². The Morgan fingerprint density at radius 1 is 1.53 bits per heavy atom. The van der Waals surface area contributed by atoms with Crippen molar-refractivity contribution in [1.82, 2.24) is 9.55 Å². The van der Waals surface area contributed by atoms with E-state index in [1.165, 1.54) is 0 Å². The van der Waals surface area contributed by atoms with Gasteiger partial charge in [0.15, 0.2) is 0 Å². The van der Waals surface area contributed by atoms with Crippen LogP contribution in [-0.4, -0.2) is 15.5 Å². The molecule has 2 heterocycles. The first-order valence-corrected chi connectivity index (χ1v) is 5.03. The molecule has 0 amide bonds. The molecule has 76 valence electrons. The number of aromatic carboxylic acids is 1. The van der Waals surface area contributed by atoms with E-state index in [2.05, 4.69) is 4.98 Å². The van der Waals surface area contributed by atoms with Gasteiger partial charge in [-0.3, -0.25) is 0 Å². The molecule has 0 radical (unpaired) electrons. The monoisotopic (exact) mass is 200 g/mol. The summed E-state index contributed by atoms with van der Waals surface area (Å²) >= 11 is 0. The van der Waals surface area contributed by atoms with Crippen molar-refractivity contribution < 1.29 is 28.8 Å². The number of hydrogen-bond acceptors (Lipinski definition) is 3. The predicted molar refractivity (Wildman–Crippen MR) is 48.9 cm³/mol. The largest absolute Gasteiger partial charge is 1.00 e. The molecular weight excluding hydrogens is 187 g/mol. The van der Waals surface area contributed by atoms with Gasteiger partial charge in [-0.25, -0.2) is 4.98 Å². The minimum Gasteiger partial charge on any atom is -0.543 e. The van der Waals surface area contributed by atoms with Crippen LogP contribution in [0.25, 0.3) is 0 Å². The molecule has 0 atom stereocenters. The number of hydrogen-bond donors (Lipinski definition) is 0. The SMILES string of the molecule is CCc1nc2n(c1C(=O)[O-])CCCC2.[Li+]. The van der Waals surface area contributed by atoms with Gasteiger partial charge in [-0.05, 0) is 19.3 Å². The van der Waals surface area contributed by atoms with Crippen molar-refractivity contribution in [2.45, 2.75) is 39.2 Å². The molecule has 0 unspecified atom stereocenters. The van der Waals surface area contributed by atoms with Crippen LogP contribution in [0.3, 0.4) is 0 Å². The zero-order valence-electron chi connectivity index (χ0n) is 9.25. The molecule has 1 aromatic heterocycles. The van der Waals surface area contributed by atoms with Crippen molar-refractivity contribution in [3.63, 3.8) is 0 Å². The minimum absolute atomic E-state index is 0. The second kappa shape index (κ2) is 4.87. The fourth-order valence-electron chi connectivity index (χ4n) is 2.01. The smallest absolute Gasteiger partial charge is 0.543 e. The van der Waals surface area contributed by atoms with Crippen molar-refractivity contribution in [1.29, 1.82) is 0 Å². The number of carbonyl (C=O) groups is 1. The molecule has 15 heavy (non-hydrogen) atoms. The molecule has 5 heteroatoms. The Kier molecular flexibility index (Phi) is 4.01. The van der Waals surface area contributed by atoms with Gasteiger partial charge in [0.05, 0.1) is 17.4 Å². The quantitative estimate of drug-likeness (QED) is 0.483. The van der Waals surface area contributed by atoms with Gasteiger partial charge in [-0.1, -0.05) is 6.92 Å². The molecule has 2 rings (SSSR count). The summed E-state index contributed by atoms with van der Waals surface area (Å²) in [5.41, 5.74) is 0.962. The van der Waals surface area contributed by atoms with Gasteiger partial charge in [-0.15, -0.1) is 0 Å². The molecule has 0 saturated carbocycles. The summed E-state index contributed by atoms with van der Waals surface area (Å²) in [7, 11) is 0. The average Bonchev–Trinajstić information content (AvgIpc) is 2.55. The Morgan fingerprint density at radius 2 is 2.27 bits per heavy atom. The number of aryl methyl sites for hydroxylation is 2. The minimum atomic E-state index is -1.09. The summed E-state index contributed by atoms with van der Waals surface area (Å²) < 4.78 is 1.80. The summed E-state index contributed by atoms with van der Waals surface area (Å²) in [5, 5.41) is 10.9. The van der Waals surface area contributed by atoms with Gasteiger partial charge in [0.2, 0.25) is 0 Å². The van der Waals surface area contributed by atoms with Crippen LogP contribution in [0, 0.1) is 0 Å². The van der Waals surface area contributed by atoms with E-state index < -0.39 is 5.97 Å². The first-order chi connectivity index (χ1) is 6.74. The van der Waals surface area contributed by atoms with Crippen LogP contribution in [0.2, 0.25) is 0 Å². The van der Waals surface area contributed by atoms with Crippen molar-refractivity contribution in [2.75, 3.05) is 0 Å². The summed E-state index contributed by atoms with van der Waals surface area (Å²) in [6, 6.07) is 0. The van der Waals surface area contributed by atoms with E-state index in [0.29, 0.717) is 17.8 Å². The van der Waals surface area contributed by atoms with Crippen LogP contribution in [0.15, 0.2) is 0 Å². The molecule has 0 bridgehead atoms. The van der Waals surface area contributed by atoms with Crippen molar-refractivity contribution >= 4 is 5.97 Å². The molecule has 0 aliphatic carbocycles. The predicted octanol–water partition coefficient (Wildman–Crippen LogP) is -2.85. The van der Waals surface area contributed by atoms with Crippen LogP contribution in [0.1, 0.15) is 41.8 Å². The topological polar surface area (TPSA) is 58.0 Å². The third kappa shape index (κ3) is 2.11. The number of rotatable bonds is 2. The zero-order valence-corrected chi connectivity index (χ0v) is 9.25. The van der Waals surface area contributed by atoms with E-state index >= 15 is 0 Å². The average molecular weight is 200 g/mol. The molecule has 0 N–H and O–H groups in total. The van der Waals surface area contributed by atoms with Crippen LogP contribution in [-0.2, 0) is 19.4 Å². The van der Waals surface area contributed by atoms with Crippen molar-refractivity contribution in [2.24, 2.45) is 0 Å². The zero-order chi connectivity index (χ0) is 10.1. The molecule has 1 aromatic rings. The van der Waals surface area contributed by atoms with Crippen molar-refractivity contribution in [3.05, 3.63) is 17.2 Å². The Balaban J connectivity index is 0.00000112. The van der Waals surface area contributed by atoms with Crippen LogP contribution in [0.5, 0.6) is 0 Å². The summed E-state index contributed by atoms with van der Waals surface area (Å²) in [6.07, 6.45) is 3.68. The van der Waals surface area contributed by atoms with Crippen LogP contribution in [0.4, 0.5) is 0 Å². The Morgan fingerprint density at radius 3 is 2.87 bits per heavy atom. The third-order valence-electron chi connectivity index (χ3n) is 2.68. The van der Waals surface area contributed by atoms with Gasteiger partial charge in [-0.2, -0.15) is 0 Å². The van der Waals surface area contributed by atoms with E-state index in [-0.39, 0.29) is 18.9 Å². The molecule has 0 saturated heterocycles. The van der Waals surface area contributed by atoms with E-state index in [1.807, 2.05) is 6.92 Å². The number of carboxylic acids is 1. The molecule has 0 fully saturated rings. The fourth-order valence-corrected chi connectivity index (χ4v) is 2.01. The molecule has 1 aliphatic heterocycles. The van der Waals surface area contributed by atoms with Crippen LogP contribution >= 0.6 is 0 Å². The molecule has 1 aliphatic rings. The Bertz CT molecular complexity index is 374. The second-order valence-electron chi connectivity index (χ2n) is 3.57. The molecule has 4 nitrogen and oxygen atoms in total.